The van der Waals surface area contributed by atoms with Crippen molar-refractivity contribution in [2.24, 2.45) is 0 Å². The molecule has 0 bridgehead atoms. The lowest BCUT2D eigenvalue weighted by molar-refractivity contribution is -0.141. The Balaban J connectivity index is 3.95. The van der Waals surface area contributed by atoms with Crippen LogP contribution in [-0.4, -0.2) is 191 Å². The van der Waals surface area contributed by atoms with E-state index in [9.17, 15) is 9.59 Å². The minimum Gasteiger partial charge on any atom is -0.460 e. The normalized spacial score (nSPS) is 17.6. The fourth-order valence-corrected chi connectivity index (χ4v) is 4.83. The van der Waals surface area contributed by atoms with E-state index in [1.165, 1.54) is 0 Å². The molecule has 0 spiro atoms. The quantitative estimate of drug-likeness (QED) is 0.0436. The minimum atomic E-state index is -0.470. The van der Waals surface area contributed by atoms with E-state index in [0.717, 1.165) is 12.2 Å². The van der Waals surface area contributed by atoms with Crippen molar-refractivity contribution in [3.63, 3.8) is 0 Å². The van der Waals surface area contributed by atoms with Crippen molar-refractivity contribution >= 4 is 11.9 Å². The first-order valence-electron chi connectivity index (χ1n) is 22.5. The van der Waals surface area contributed by atoms with E-state index >= 15 is 0 Å². The molecule has 12 unspecified atom stereocenters. The van der Waals surface area contributed by atoms with E-state index in [1.807, 2.05) is 83.1 Å². The number of carbonyl (C=O) groups excluding carboxylic acids is 2. The van der Waals surface area contributed by atoms with Crippen LogP contribution >= 0.6 is 0 Å². The van der Waals surface area contributed by atoms with E-state index < -0.39 is 11.9 Å². The molecule has 0 aromatic rings. The zero-order valence-electron chi connectivity index (χ0n) is 40.8. The molecule has 17 heteroatoms. The topological polar surface area (TPSA) is 173 Å². The molecule has 0 amide bonds. The molecule has 0 N–H and O–H groups in total. The van der Waals surface area contributed by atoms with Gasteiger partial charge in [-0.05, 0) is 83.1 Å². The Morgan fingerprint density at radius 1 is 0.302 bits per heavy atom. The van der Waals surface area contributed by atoms with Crippen molar-refractivity contribution in [3.05, 3.63) is 25.3 Å². The van der Waals surface area contributed by atoms with Crippen LogP contribution in [0.3, 0.4) is 0 Å². The number of rotatable bonds is 44. The summed E-state index contributed by atoms with van der Waals surface area (Å²) >= 11 is 0. The average molecular weight is 911 g/mol. The van der Waals surface area contributed by atoms with E-state index in [4.69, 9.17) is 71.1 Å². The molecule has 63 heavy (non-hydrogen) atoms. The summed E-state index contributed by atoms with van der Waals surface area (Å²) in [7, 11) is 0. The first-order chi connectivity index (χ1) is 29.9. The molecule has 0 rings (SSSR count). The van der Waals surface area contributed by atoms with Crippen LogP contribution in [0.25, 0.3) is 0 Å². The second kappa shape index (κ2) is 39.1. The highest BCUT2D eigenvalue weighted by molar-refractivity contribution is 5.81. The molecular formula is C46H86O17. The van der Waals surface area contributed by atoms with Crippen LogP contribution in [0.1, 0.15) is 83.1 Å². The van der Waals surface area contributed by atoms with Crippen molar-refractivity contribution in [2.75, 3.05) is 106 Å². The number of hydrogen-bond donors (Lipinski definition) is 0. The lowest BCUT2D eigenvalue weighted by Gasteiger charge is -2.23. The Bertz CT molecular complexity index is 1130. The van der Waals surface area contributed by atoms with Crippen LogP contribution in [0.4, 0.5) is 0 Å². The van der Waals surface area contributed by atoms with Gasteiger partial charge in [0.2, 0.25) is 0 Å². The molecule has 0 aromatic heterocycles. The zero-order valence-corrected chi connectivity index (χ0v) is 40.8. The average Bonchev–Trinajstić information content (AvgIpc) is 3.27. The molecule has 0 aliphatic heterocycles. The molecule has 0 radical (unpaired) electrons. The Morgan fingerprint density at radius 3 is 0.714 bits per heavy atom. The molecule has 17 nitrogen and oxygen atoms in total. The first kappa shape index (κ1) is 60.9. The zero-order chi connectivity index (χ0) is 47.4. The summed E-state index contributed by atoms with van der Waals surface area (Å²) in [6.07, 6.45) is 0.805. The molecular weight excluding hydrogens is 824 g/mol. The lowest BCUT2D eigenvalue weighted by Crippen LogP contribution is -2.31. The molecule has 0 aromatic carbocycles. The van der Waals surface area contributed by atoms with Gasteiger partial charge in [-0.1, -0.05) is 13.2 Å². The SMILES string of the molecule is C=CC(=O)OCCOCC(C)OCC(C)OCC(C)OCC(C)OCC(C)OCC(C)OCC(C)OCC(C)OCC(C)OCC(C)OCC(C)OCC(C)OCCOC(=O)C=C. The Kier molecular flexibility index (Phi) is 37.8. The van der Waals surface area contributed by atoms with Crippen LogP contribution in [0.15, 0.2) is 25.3 Å². The fourth-order valence-electron chi connectivity index (χ4n) is 4.83. The molecule has 0 heterocycles. The van der Waals surface area contributed by atoms with Crippen LogP contribution in [0, 0.1) is 0 Å². The van der Waals surface area contributed by atoms with Gasteiger partial charge in [-0.2, -0.15) is 0 Å². The maximum absolute atomic E-state index is 11.1. The highest BCUT2D eigenvalue weighted by Gasteiger charge is 2.17. The largest absolute Gasteiger partial charge is 0.460 e. The summed E-state index contributed by atoms with van der Waals surface area (Å²) in [5.41, 5.74) is 0. The van der Waals surface area contributed by atoms with Crippen molar-refractivity contribution in [1.29, 1.82) is 0 Å². The highest BCUT2D eigenvalue weighted by Crippen LogP contribution is 2.07. The van der Waals surface area contributed by atoms with Gasteiger partial charge in [0.25, 0.3) is 0 Å². The van der Waals surface area contributed by atoms with Gasteiger partial charge in [0.05, 0.1) is 166 Å². The van der Waals surface area contributed by atoms with Gasteiger partial charge in [-0.25, -0.2) is 9.59 Å². The molecule has 0 fully saturated rings. The fraction of sp³-hybridized carbons (Fsp3) is 0.870. The summed E-state index contributed by atoms with van der Waals surface area (Å²) in [5.74, 6) is -0.940. The van der Waals surface area contributed by atoms with Crippen LogP contribution in [0.5, 0.6) is 0 Å². The van der Waals surface area contributed by atoms with Gasteiger partial charge in [0.15, 0.2) is 0 Å². The summed E-state index contributed by atoms with van der Waals surface area (Å²) in [6.45, 7) is 36.1. The van der Waals surface area contributed by atoms with E-state index in [-0.39, 0.29) is 93.1 Å². The first-order valence-corrected chi connectivity index (χ1v) is 22.5. The Hall–Kier alpha value is -2.10. The summed E-state index contributed by atoms with van der Waals surface area (Å²) in [4.78, 5) is 22.1. The van der Waals surface area contributed by atoms with Crippen LogP contribution < -0.4 is 0 Å². The van der Waals surface area contributed by atoms with Crippen molar-refractivity contribution in [1.82, 2.24) is 0 Å². The second-order valence-corrected chi connectivity index (χ2v) is 16.1. The molecule has 0 aliphatic rings. The van der Waals surface area contributed by atoms with Gasteiger partial charge in [-0.15, -0.1) is 0 Å². The molecule has 0 saturated carbocycles. The maximum Gasteiger partial charge on any atom is 0.330 e. The second-order valence-electron chi connectivity index (χ2n) is 16.1. The summed E-state index contributed by atoms with van der Waals surface area (Å²) < 4.78 is 85.8. The van der Waals surface area contributed by atoms with Gasteiger partial charge in [0.1, 0.15) is 13.2 Å². The third kappa shape index (κ3) is 38.8. The number of carbonyl (C=O) groups is 2. The van der Waals surface area contributed by atoms with Gasteiger partial charge < -0.3 is 71.1 Å². The Morgan fingerprint density at radius 2 is 0.492 bits per heavy atom. The van der Waals surface area contributed by atoms with Crippen LogP contribution in [-0.2, 0) is 80.6 Å². The molecule has 0 aliphatic carbocycles. The van der Waals surface area contributed by atoms with Gasteiger partial charge >= 0.3 is 11.9 Å². The van der Waals surface area contributed by atoms with Crippen LogP contribution in [0.2, 0.25) is 0 Å². The molecule has 0 saturated heterocycles. The van der Waals surface area contributed by atoms with E-state index in [1.54, 1.807) is 0 Å². The Labute approximate surface area is 379 Å². The van der Waals surface area contributed by atoms with E-state index in [0.29, 0.717) is 85.9 Å². The number of ether oxygens (including phenoxy) is 15. The lowest BCUT2D eigenvalue weighted by atomic mass is 10.3. The summed E-state index contributed by atoms with van der Waals surface area (Å²) in [5, 5.41) is 0. The third-order valence-corrected chi connectivity index (χ3v) is 8.66. The van der Waals surface area contributed by atoms with E-state index in [2.05, 4.69) is 13.2 Å². The number of esters is 2. The van der Waals surface area contributed by atoms with Gasteiger partial charge in [-0.3, -0.25) is 0 Å². The molecule has 372 valence electrons. The van der Waals surface area contributed by atoms with Crippen molar-refractivity contribution < 1.29 is 80.6 Å². The predicted octanol–water partition coefficient (Wildman–Crippen LogP) is 5.32. The summed E-state index contributed by atoms with van der Waals surface area (Å²) in [6, 6.07) is 0. The molecule has 12 atom stereocenters. The smallest absolute Gasteiger partial charge is 0.330 e. The van der Waals surface area contributed by atoms with Gasteiger partial charge in [0, 0.05) is 12.2 Å². The standard InChI is InChI=1S/C46H86O17/c1-15-45(47)51-18-17-49-21-33(3)53-23-35(5)55-25-37(7)57-27-39(9)59-29-41(11)61-31-43(13)63-32-44(14)62-30-42(12)60-28-40(10)58-26-38(8)56-24-36(6)54-22-34(4)50-19-20-52-46(48)16-2/h15-16,33-44H,1-2,17-32H2,3-14H3. The minimum absolute atomic E-state index is 0.114. The monoisotopic (exact) mass is 911 g/mol. The third-order valence-electron chi connectivity index (χ3n) is 8.66. The maximum atomic E-state index is 11.1. The predicted molar refractivity (Wildman–Crippen MR) is 238 cm³/mol. The van der Waals surface area contributed by atoms with Crippen molar-refractivity contribution in [2.45, 2.75) is 156 Å². The van der Waals surface area contributed by atoms with Crippen molar-refractivity contribution in [3.8, 4) is 0 Å². The number of hydrogen-bond acceptors (Lipinski definition) is 17. The highest BCUT2D eigenvalue weighted by atomic mass is 16.6.